The quantitative estimate of drug-likeness (QED) is 0.679. The van der Waals surface area contributed by atoms with Crippen LogP contribution in [0.3, 0.4) is 0 Å². The lowest BCUT2D eigenvalue weighted by Gasteiger charge is -2.13. The summed E-state index contributed by atoms with van der Waals surface area (Å²) in [5, 5.41) is 21.1. The van der Waals surface area contributed by atoms with Gasteiger partial charge in [-0.3, -0.25) is 10.1 Å². The van der Waals surface area contributed by atoms with Gasteiger partial charge in [-0.05, 0) is 22.6 Å². The Kier molecular flexibility index (Phi) is 4.15. The van der Waals surface area contributed by atoms with E-state index in [1.54, 1.807) is 12.1 Å². The first kappa shape index (κ1) is 14.2. The zero-order valence-corrected chi connectivity index (χ0v) is 11.5. The fourth-order valence-corrected chi connectivity index (χ4v) is 2.06. The number of rotatable bonds is 4. The Balaban J connectivity index is 2.28. The predicted octanol–water partition coefficient (Wildman–Crippen LogP) is 3.80. The van der Waals surface area contributed by atoms with Crippen molar-refractivity contribution in [3.05, 3.63) is 75.3 Å². The Morgan fingerprint density at radius 3 is 2.15 bits per heavy atom. The lowest BCUT2D eigenvalue weighted by Crippen LogP contribution is -2.01. The molecule has 0 heterocycles. The van der Waals surface area contributed by atoms with E-state index in [1.165, 1.54) is 17.7 Å². The van der Waals surface area contributed by atoms with E-state index in [1.807, 2.05) is 24.3 Å². The molecule has 0 saturated carbocycles. The van der Waals surface area contributed by atoms with Crippen LogP contribution in [0, 0.1) is 10.1 Å². The molecule has 1 N–H and O–H groups in total. The molecule has 20 heavy (non-hydrogen) atoms. The van der Waals surface area contributed by atoms with Gasteiger partial charge in [-0.15, -0.1) is 0 Å². The molecule has 0 aliphatic heterocycles. The van der Waals surface area contributed by atoms with Gasteiger partial charge in [-0.2, -0.15) is 0 Å². The molecule has 0 aromatic heterocycles. The Bertz CT molecular complexity index is 605. The molecule has 104 valence electrons. The van der Waals surface area contributed by atoms with Gasteiger partial charge in [0, 0.05) is 12.1 Å². The second-order valence-corrected chi connectivity index (χ2v) is 5.08. The maximum Gasteiger partial charge on any atom is 0.269 e. The van der Waals surface area contributed by atoms with Crippen molar-refractivity contribution in [2.24, 2.45) is 0 Å². The number of aliphatic hydroxyl groups excluding tert-OH is 1. The number of nitro groups is 1. The molecule has 4 heteroatoms. The van der Waals surface area contributed by atoms with Crippen LogP contribution in [0.1, 0.15) is 42.6 Å². The van der Waals surface area contributed by atoms with E-state index < -0.39 is 11.0 Å². The van der Waals surface area contributed by atoms with E-state index in [-0.39, 0.29) is 5.69 Å². The lowest BCUT2D eigenvalue weighted by atomic mass is 9.97. The van der Waals surface area contributed by atoms with Crippen molar-refractivity contribution in [2.45, 2.75) is 25.9 Å². The molecule has 0 saturated heterocycles. The Labute approximate surface area is 117 Å². The van der Waals surface area contributed by atoms with Crippen molar-refractivity contribution in [3.8, 4) is 0 Å². The van der Waals surface area contributed by atoms with Crippen molar-refractivity contribution < 1.29 is 10.0 Å². The van der Waals surface area contributed by atoms with Gasteiger partial charge in [0.05, 0.1) is 4.92 Å². The van der Waals surface area contributed by atoms with E-state index in [0.717, 1.165) is 5.56 Å². The smallest absolute Gasteiger partial charge is 0.269 e. The molecular weight excluding hydrogens is 254 g/mol. The number of benzene rings is 2. The fourth-order valence-electron chi connectivity index (χ4n) is 2.06. The summed E-state index contributed by atoms with van der Waals surface area (Å²) in [7, 11) is 0. The zero-order valence-electron chi connectivity index (χ0n) is 11.5. The molecule has 0 amide bonds. The highest BCUT2D eigenvalue weighted by atomic mass is 16.6. The van der Waals surface area contributed by atoms with Crippen LogP contribution in [0.15, 0.2) is 48.5 Å². The van der Waals surface area contributed by atoms with Crippen LogP contribution in [0.25, 0.3) is 0 Å². The minimum atomic E-state index is -0.851. The highest BCUT2D eigenvalue weighted by Crippen LogP contribution is 2.26. The molecule has 0 spiro atoms. The van der Waals surface area contributed by atoms with Crippen LogP contribution >= 0.6 is 0 Å². The molecule has 0 aliphatic rings. The standard InChI is InChI=1S/C16H17NO3/c1-11(2)12-6-8-13(9-7-12)16(18)14-4-3-5-15(10-14)17(19)20/h3-11,16,18H,1-2H3. The highest BCUT2D eigenvalue weighted by Gasteiger charge is 2.14. The minimum absolute atomic E-state index is 0.0136. The second-order valence-electron chi connectivity index (χ2n) is 5.08. The van der Waals surface area contributed by atoms with E-state index >= 15 is 0 Å². The third kappa shape index (κ3) is 3.03. The molecule has 0 radical (unpaired) electrons. The SMILES string of the molecule is CC(C)c1ccc(C(O)c2cccc([N+](=O)[O-])c2)cc1. The molecule has 2 aromatic rings. The Hall–Kier alpha value is -2.20. The van der Waals surface area contributed by atoms with Gasteiger partial charge in [0.15, 0.2) is 0 Å². The van der Waals surface area contributed by atoms with Gasteiger partial charge in [0.2, 0.25) is 0 Å². The molecule has 2 aromatic carbocycles. The number of hydrogen-bond donors (Lipinski definition) is 1. The maximum atomic E-state index is 10.8. The summed E-state index contributed by atoms with van der Waals surface area (Å²) in [6, 6.07) is 13.8. The lowest BCUT2D eigenvalue weighted by molar-refractivity contribution is -0.385. The van der Waals surface area contributed by atoms with Crippen LogP contribution in [0.2, 0.25) is 0 Å². The molecule has 2 rings (SSSR count). The van der Waals surface area contributed by atoms with E-state index in [9.17, 15) is 15.2 Å². The van der Waals surface area contributed by atoms with Crippen molar-refractivity contribution in [2.75, 3.05) is 0 Å². The van der Waals surface area contributed by atoms with Crippen molar-refractivity contribution in [1.82, 2.24) is 0 Å². The average Bonchev–Trinajstić information content (AvgIpc) is 2.46. The molecular formula is C16H17NO3. The van der Waals surface area contributed by atoms with Crippen LogP contribution in [-0.4, -0.2) is 10.0 Å². The normalized spacial score (nSPS) is 12.4. The summed E-state index contributed by atoms with van der Waals surface area (Å²) in [6.07, 6.45) is -0.851. The molecule has 4 nitrogen and oxygen atoms in total. The van der Waals surface area contributed by atoms with Crippen molar-refractivity contribution in [3.63, 3.8) is 0 Å². The van der Waals surface area contributed by atoms with Crippen molar-refractivity contribution >= 4 is 5.69 Å². The summed E-state index contributed by atoms with van der Waals surface area (Å²) in [6.45, 7) is 4.21. The monoisotopic (exact) mass is 271 g/mol. The zero-order chi connectivity index (χ0) is 14.7. The number of nitro benzene ring substituents is 1. The van der Waals surface area contributed by atoms with Gasteiger partial charge in [-0.1, -0.05) is 50.2 Å². The number of aliphatic hydroxyl groups is 1. The molecule has 1 unspecified atom stereocenters. The van der Waals surface area contributed by atoms with E-state index in [2.05, 4.69) is 13.8 Å². The van der Waals surface area contributed by atoms with Gasteiger partial charge >= 0.3 is 0 Å². The van der Waals surface area contributed by atoms with Gasteiger partial charge in [-0.25, -0.2) is 0 Å². The largest absolute Gasteiger partial charge is 0.384 e. The van der Waals surface area contributed by atoms with Crippen LogP contribution in [-0.2, 0) is 0 Å². The fraction of sp³-hybridized carbons (Fsp3) is 0.250. The van der Waals surface area contributed by atoms with Crippen LogP contribution in [0.4, 0.5) is 5.69 Å². The Morgan fingerprint density at radius 2 is 1.60 bits per heavy atom. The van der Waals surface area contributed by atoms with Crippen molar-refractivity contribution in [1.29, 1.82) is 0 Å². The molecule has 0 fully saturated rings. The number of hydrogen-bond acceptors (Lipinski definition) is 3. The predicted molar refractivity (Wildman–Crippen MR) is 77.7 cm³/mol. The molecule has 0 bridgehead atoms. The molecule has 1 atom stereocenters. The first-order valence-electron chi connectivity index (χ1n) is 6.51. The number of non-ortho nitro benzene ring substituents is 1. The summed E-state index contributed by atoms with van der Waals surface area (Å²) in [5.41, 5.74) is 2.44. The van der Waals surface area contributed by atoms with E-state index in [4.69, 9.17) is 0 Å². The van der Waals surface area contributed by atoms with Crippen LogP contribution < -0.4 is 0 Å². The summed E-state index contributed by atoms with van der Waals surface area (Å²) >= 11 is 0. The second kappa shape index (κ2) is 5.84. The van der Waals surface area contributed by atoms with Crippen LogP contribution in [0.5, 0.6) is 0 Å². The topological polar surface area (TPSA) is 63.4 Å². The van der Waals surface area contributed by atoms with Gasteiger partial charge in [0.25, 0.3) is 5.69 Å². The summed E-state index contributed by atoms with van der Waals surface area (Å²) < 4.78 is 0. The first-order valence-corrected chi connectivity index (χ1v) is 6.51. The third-order valence-corrected chi connectivity index (χ3v) is 3.32. The highest BCUT2D eigenvalue weighted by molar-refractivity contribution is 5.39. The Morgan fingerprint density at radius 1 is 1.00 bits per heavy atom. The van der Waals surface area contributed by atoms with E-state index in [0.29, 0.717) is 11.5 Å². The minimum Gasteiger partial charge on any atom is -0.384 e. The maximum absolute atomic E-state index is 10.8. The summed E-state index contributed by atoms with van der Waals surface area (Å²) in [5.74, 6) is 0.430. The van der Waals surface area contributed by atoms with Gasteiger partial charge in [0.1, 0.15) is 6.10 Å². The number of nitrogens with zero attached hydrogens (tertiary/aromatic N) is 1. The molecule has 0 aliphatic carbocycles. The first-order chi connectivity index (χ1) is 9.49. The summed E-state index contributed by atoms with van der Waals surface area (Å²) in [4.78, 5) is 10.3. The van der Waals surface area contributed by atoms with Gasteiger partial charge < -0.3 is 5.11 Å². The third-order valence-electron chi connectivity index (χ3n) is 3.32. The average molecular weight is 271 g/mol.